The van der Waals surface area contributed by atoms with Crippen molar-refractivity contribution >= 4 is 15.9 Å². The third kappa shape index (κ3) is 6.03. The maximum absolute atomic E-state index is 12.8. The Bertz CT molecular complexity index is 765. The minimum Gasteiger partial charge on any atom is -0.383 e. The molecule has 0 spiro atoms. The topological polar surface area (TPSA) is 86.7 Å². The number of aryl methyl sites for hydroxylation is 1. The number of nitrogens with one attached hydrogen (secondary N) is 1. The summed E-state index contributed by atoms with van der Waals surface area (Å²) in [6, 6.07) is 6.79. The summed E-state index contributed by atoms with van der Waals surface area (Å²) in [5.74, 6) is 0.321. The number of carbonyl (C=O) groups excluding carboxylic acids is 1. The number of carbonyl (C=O) groups is 1. The number of sulfonamides is 1. The lowest BCUT2D eigenvalue weighted by molar-refractivity contribution is -0.130. The number of aliphatic hydroxyl groups is 1. The first-order valence-electron chi connectivity index (χ1n) is 10.9. The van der Waals surface area contributed by atoms with Crippen LogP contribution in [0.1, 0.15) is 63.4 Å². The van der Waals surface area contributed by atoms with Gasteiger partial charge in [-0.2, -0.15) is 4.31 Å². The number of amides is 1. The second-order valence-electron chi connectivity index (χ2n) is 8.60. The predicted molar refractivity (Wildman–Crippen MR) is 113 cm³/mol. The van der Waals surface area contributed by atoms with E-state index in [1.807, 2.05) is 6.92 Å². The highest BCUT2D eigenvalue weighted by atomic mass is 32.2. The molecule has 1 atom stereocenters. The highest BCUT2D eigenvalue weighted by Gasteiger charge is 2.30. The molecule has 2 N–H and O–H groups in total. The second-order valence-corrected chi connectivity index (χ2v) is 10.5. The minimum absolute atomic E-state index is 0.0868. The third-order valence-electron chi connectivity index (χ3n) is 6.33. The van der Waals surface area contributed by atoms with Gasteiger partial charge in [0.15, 0.2) is 0 Å². The molecule has 162 valence electrons. The molecule has 0 aromatic heterocycles. The molecule has 6 nitrogen and oxygen atoms in total. The average molecular weight is 423 g/mol. The van der Waals surface area contributed by atoms with Crippen LogP contribution in [0.3, 0.4) is 0 Å². The van der Waals surface area contributed by atoms with Crippen molar-refractivity contribution in [2.45, 2.75) is 81.8 Å². The fourth-order valence-electron chi connectivity index (χ4n) is 4.40. The Morgan fingerprint density at radius 2 is 1.72 bits per heavy atom. The summed E-state index contributed by atoms with van der Waals surface area (Å²) in [6.07, 6.45) is 7.82. The van der Waals surface area contributed by atoms with Crippen LogP contribution in [-0.2, 0) is 14.8 Å². The Kier molecular flexibility index (Phi) is 7.71. The van der Waals surface area contributed by atoms with Gasteiger partial charge in [-0.05, 0) is 50.7 Å². The SMILES string of the molecule is Cc1ccc(S(=O)(=O)N2CCC(NC(=O)C(O)CCC3CCCCC3)CC2)cc1. The Balaban J connectivity index is 1.44. The standard InChI is InChI=1S/C22H34N2O4S/c1-17-7-10-20(11-8-17)29(27,28)24-15-13-19(14-16-24)23-22(26)21(25)12-9-18-5-3-2-4-6-18/h7-8,10-11,18-19,21,25H,2-6,9,12-16H2,1H3,(H,23,26). The van der Waals surface area contributed by atoms with Crippen LogP contribution >= 0.6 is 0 Å². The van der Waals surface area contributed by atoms with Gasteiger partial charge in [-0.1, -0.05) is 49.8 Å². The Labute approximate surface area is 174 Å². The lowest BCUT2D eigenvalue weighted by Crippen LogP contribution is -2.48. The zero-order valence-electron chi connectivity index (χ0n) is 17.3. The van der Waals surface area contributed by atoms with Crippen LogP contribution in [0.4, 0.5) is 0 Å². The molecule has 1 saturated carbocycles. The van der Waals surface area contributed by atoms with Crippen LogP contribution in [-0.4, -0.2) is 49.0 Å². The molecule has 2 fully saturated rings. The quantitative estimate of drug-likeness (QED) is 0.707. The van der Waals surface area contributed by atoms with E-state index in [0.29, 0.717) is 43.2 Å². The second kappa shape index (κ2) is 10.0. The molecule has 1 aromatic carbocycles. The summed E-state index contributed by atoms with van der Waals surface area (Å²) in [4.78, 5) is 12.6. The van der Waals surface area contributed by atoms with E-state index in [1.54, 1.807) is 24.3 Å². The lowest BCUT2D eigenvalue weighted by Gasteiger charge is -2.32. The zero-order chi connectivity index (χ0) is 20.9. The number of piperidine rings is 1. The van der Waals surface area contributed by atoms with E-state index in [4.69, 9.17) is 0 Å². The average Bonchev–Trinajstić information content (AvgIpc) is 2.73. The van der Waals surface area contributed by atoms with E-state index in [9.17, 15) is 18.3 Å². The molecule has 7 heteroatoms. The fraction of sp³-hybridized carbons (Fsp3) is 0.682. The fourth-order valence-corrected chi connectivity index (χ4v) is 5.87. The van der Waals surface area contributed by atoms with Crippen LogP contribution in [0.15, 0.2) is 29.2 Å². The smallest absolute Gasteiger partial charge is 0.249 e. The van der Waals surface area contributed by atoms with E-state index in [-0.39, 0.29) is 11.9 Å². The first kappa shape index (κ1) is 22.2. The van der Waals surface area contributed by atoms with Crippen molar-refractivity contribution < 1.29 is 18.3 Å². The van der Waals surface area contributed by atoms with E-state index < -0.39 is 16.1 Å². The number of aliphatic hydroxyl groups excluding tert-OH is 1. The van der Waals surface area contributed by atoms with Gasteiger partial charge in [0.05, 0.1) is 4.90 Å². The first-order valence-corrected chi connectivity index (χ1v) is 12.4. The molecule has 1 aliphatic carbocycles. The zero-order valence-corrected chi connectivity index (χ0v) is 18.2. The molecule has 1 saturated heterocycles. The van der Waals surface area contributed by atoms with E-state index >= 15 is 0 Å². The molecule has 0 bridgehead atoms. The lowest BCUT2D eigenvalue weighted by atomic mass is 9.85. The molecular formula is C22H34N2O4S. The van der Waals surface area contributed by atoms with Gasteiger partial charge in [0.1, 0.15) is 6.10 Å². The number of hydrogen-bond acceptors (Lipinski definition) is 4. The molecule has 1 aromatic rings. The largest absolute Gasteiger partial charge is 0.383 e. The molecule has 1 unspecified atom stereocenters. The molecular weight excluding hydrogens is 388 g/mol. The van der Waals surface area contributed by atoms with Crippen LogP contribution in [0, 0.1) is 12.8 Å². The first-order chi connectivity index (χ1) is 13.9. The van der Waals surface area contributed by atoms with Gasteiger partial charge in [-0.15, -0.1) is 0 Å². The Morgan fingerprint density at radius 3 is 2.34 bits per heavy atom. The van der Waals surface area contributed by atoms with Gasteiger partial charge in [0.25, 0.3) is 0 Å². The molecule has 1 heterocycles. The number of benzene rings is 1. The highest BCUT2D eigenvalue weighted by Crippen LogP contribution is 2.28. The number of hydrogen-bond donors (Lipinski definition) is 2. The van der Waals surface area contributed by atoms with Crippen LogP contribution in [0.25, 0.3) is 0 Å². The van der Waals surface area contributed by atoms with Gasteiger partial charge in [0, 0.05) is 19.1 Å². The number of nitrogens with zero attached hydrogens (tertiary/aromatic N) is 1. The van der Waals surface area contributed by atoms with Crippen LogP contribution < -0.4 is 5.32 Å². The van der Waals surface area contributed by atoms with E-state index in [0.717, 1.165) is 12.0 Å². The van der Waals surface area contributed by atoms with Crippen molar-refractivity contribution in [2.75, 3.05) is 13.1 Å². The maximum atomic E-state index is 12.8. The van der Waals surface area contributed by atoms with Crippen molar-refractivity contribution in [3.05, 3.63) is 29.8 Å². The molecule has 2 aliphatic rings. The Morgan fingerprint density at radius 1 is 1.10 bits per heavy atom. The van der Waals surface area contributed by atoms with Crippen LogP contribution in [0.2, 0.25) is 0 Å². The predicted octanol–water partition coefficient (Wildman–Crippen LogP) is 2.99. The van der Waals surface area contributed by atoms with Gasteiger partial charge in [0.2, 0.25) is 15.9 Å². The van der Waals surface area contributed by atoms with Crippen LogP contribution in [0.5, 0.6) is 0 Å². The monoisotopic (exact) mass is 422 g/mol. The summed E-state index contributed by atoms with van der Waals surface area (Å²) in [7, 11) is -3.50. The maximum Gasteiger partial charge on any atom is 0.249 e. The molecule has 29 heavy (non-hydrogen) atoms. The van der Waals surface area contributed by atoms with Crippen molar-refractivity contribution in [1.29, 1.82) is 0 Å². The normalized spacial score (nSPS) is 21.0. The molecule has 0 radical (unpaired) electrons. The summed E-state index contributed by atoms with van der Waals surface area (Å²) in [5, 5.41) is 13.1. The van der Waals surface area contributed by atoms with Gasteiger partial charge in [-0.3, -0.25) is 4.79 Å². The molecule has 1 amide bonds. The highest BCUT2D eigenvalue weighted by molar-refractivity contribution is 7.89. The Hall–Kier alpha value is -1.44. The molecule has 3 rings (SSSR count). The summed E-state index contributed by atoms with van der Waals surface area (Å²) >= 11 is 0. The van der Waals surface area contributed by atoms with Crippen molar-refractivity contribution in [2.24, 2.45) is 5.92 Å². The van der Waals surface area contributed by atoms with E-state index in [2.05, 4.69) is 5.32 Å². The summed E-state index contributed by atoms with van der Waals surface area (Å²) in [6.45, 7) is 2.67. The van der Waals surface area contributed by atoms with Crippen molar-refractivity contribution in [3.63, 3.8) is 0 Å². The molecule has 1 aliphatic heterocycles. The van der Waals surface area contributed by atoms with Crippen molar-refractivity contribution in [3.8, 4) is 0 Å². The summed E-state index contributed by atoms with van der Waals surface area (Å²) < 4.78 is 27.0. The number of rotatable bonds is 7. The summed E-state index contributed by atoms with van der Waals surface area (Å²) in [5.41, 5.74) is 1.02. The van der Waals surface area contributed by atoms with E-state index in [1.165, 1.54) is 36.4 Å². The van der Waals surface area contributed by atoms with Gasteiger partial charge in [-0.25, -0.2) is 8.42 Å². The minimum atomic E-state index is -3.50. The van der Waals surface area contributed by atoms with Gasteiger partial charge < -0.3 is 10.4 Å². The van der Waals surface area contributed by atoms with Gasteiger partial charge >= 0.3 is 0 Å². The third-order valence-corrected chi connectivity index (χ3v) is 8.25. The van der Waals surface area contributed by atoms with Crippen molar-refractivity contribution in [1.82, 2.24) is 9.62 Å².